The highest BCUT2D eigenvalue weighted by atomic mass is 35.5. The van der Waals surface area contributed by atoms with Crippen LogP contribution < -0.4 is 5.32 Å². The fourth-order valence-electron chi connectivity index (χ4n) is 4.42. The molecule has 0 bridgehead atoms. The Balaban J connectivity index is 1.86. The second-order valence-electron chi connectivity index (χ2n) is 8.74. The van der Waals surface area contributed by atoms with Crippen LogP contribution in [0.5, 0.6) is 0 Å². The number of carbonyl (C=O) groups is 1. The minimum absolute atomic E-state index is 0.151. The highest BCUT2D eigenvalue weighted by molar-refractivity contribution is 6.30. The molecule has 4 nitrogen and oxygen atoms in total. The number of aromatic nitrogens is 2. The summed E-state index contributed by atoms with van der Waals surface area (Å²) in [6, 6.07) is 5.61. The van der Waals surface area contributed by atoms with Gasteiger partial charge in [-0.1, -0.05) is 50.3 Å². The Kier molecular flexibility index (Phi) is 8.10. The number of aryl methyl sites for hydroxylation is 1. The molecular weight excluding hydrogens is 432 g/mol. The Morgan fingerprint density at radius 3 is 2.69 bits per heavy atom. The second-order valence-corrected chi connectivity index (χ2v) is 9.18. The molecule has 7 heteroatoms. The SMILES string of the molecule is C=CC(F)(F)CCNC(=O)c1nc(-c2ccc(Cl)cc2C)n(CCC2CCCCC2)c1C. The summed E-state index contributed by atoms with van der Waals surface area (Å²) in [5, 5.41) is 3.23. The van der Waals surface area contributed by atoms with Crippen molar-refractivity contribution in [3.8, 4) is 11.4 Å². The van der Waals surface area contributed by atoms with Gasteiger partial charge >= 0.3 is 0 Å². The standard InChI is InChI=1S/C25H32ClF2N3O/c1-4-25(27,28)13-14-29-24(32)22-18(3)31(15-12-19-8-6-5-7-9-19)23(30-22)21-11-10-20(26)16-17(21)2/h4,10-11,16,19H,1,5-9,12-15H2,2-3H3,(H,29,32). The normalized spacial score (nSPS) is 15.0. The van der Waals surface area contributed by atoms with Crippen molar-refractivity contribution in [1.29, 1.82) is 0 Å². The van der Waals surface area contributed by atoms with Crippen LogP contribution in [0.3, 0.4) is 0 Å². The van der Waals surface area contributed by atoms with Crippen LogP contribution in [-0.2, 0) is 6.54 Å². The van der Waals surface area contributed by atoms with Gasteiger partial charge in [0.05, 0.1) is 0 Å². The average molecular weight is 464 g/mol. The van der Waals surface area contributed by atoms with Crippen molar-refractivity contribution in [2.45, 2.75) is 71.3 Å². The molecule has 0 unspecified atom stereocenters. The number of alkyl halides is 2. The Morgan fingerprint density at radius 2 is 2.03 bits per heavy atom. The van der Waals surface area contributed by atoms with Crippen LogP contribution in [0.4, 0.5) is 8.78 Å². The van der Waals surface area contributed by atoms with E-state index in [1.54, 1.807) is 0 Å². The maximum Gasteiger partial charge on any atom is 0.271 e. The molecule has 0 saturated heterocycles. The third-order valence-electron chi connectivity index (χ3n) is 6.39. The van der Waals surface area contributed by atoms with E-state index in [1.807, 2.05) is 32.0 Å². The monoisotopic (exact) mass is 463 g/mol. The Hall–Kier alpha value is -2.21. The van der Waals surface area contributed by atoms with Gasteiger partial charge in [-0.05, 0) is 56.0 Å². The van der Waals surface area contributed by atoms with E-state index < -0.39 is 18.3 Å². The molecule has 1 fully saturated rings. The van der Waals surface area contributed by atoms with Crippen LogP contribution in [-0.4, -0.2) is 27.9 Å². The lowest BCUT2D eigenvalue weighted by atomic mass is 9.87. The molecule has 0 atom stereocenters. The molecule has 1 saturated carbocycles. The van der Waals surface area contributed by atoms with E-state index in [4.69, 9.17) is 11.6 Å². The molecular formula is C25H32ClF2N3O. The Morgan fingerprint density at radius 1 is 1.31 bits per heavy atom. The first-order valence-electron chi connectivity index (χ1n) is 11.3. The highest BCUT2D eigenvalue weighted by Gasteiger charge is 2.26. The maximum absolute atomic E-state index is 13.4. The topological polar surface area (TPSA) is 46.9 Å². The first kappa shape index (κ1) is 24.4. The largest absolute Gasteiger partial charge is 0.350 e. The van der Waals surface area contributed by atoms with Crippen molar-refractivity contribution in [3.63, 3.8) is 0 Å². The van der Waals surface area contributed by atoms with Gasteiger partial charge in [-0.2, -0.15) is 0 Å². The molecule has 1 amide bonds. The zero-order valence-electron chi connectivity index (χ0n) is 18.9. The average Bonchev–Trinajstić information content (AvgIpc) is 3.09. The van der Waals surface area contributed by atoms with Gasteiger partial charge in [0.1, 0.15) is 11.5 Å². The van der Waals surface area contributed by atoms with Gasteiger partial charge < -0.3 is 9.88 Å². The second kappa shape index (κ2) is 10.6. The lowest BCUT2D eigenvalue weighted by Gasteiger charge is -2.22. The molecule has 0 radical (unpaired) electrons. The molecule has 1 heterocycles. The quantitative estimate of drug-likeness (QED) is 0.419. The van der Waals surface area contributed by atoms with Crippen molar-refractivity contribution in [2.75, 3.05) is 6.54 Å². The fraction of sp³-hybridized carbons (Fsp3) is 0.520. The number of rotatable bonds is 9. The minimum atomic E-state index is -3.01. The molecule has 3 rings (SSSR count). The first-order chi connectivity index (χ1) is 15.2. The lowest BCUT2D eigenvalue weighted by Crippen LogP contribution is -2.29. The van der Waals surface area contributed by atoms with Crippen molar-refractivity contribution in [3.05, 3.63) is 52.8 Å². The van der Waals surface area contributed by atoms with Gasteiger partial charge in [-0.15, -0.1) is 0 Å². The van der Waals surface area contributed by atoms with E-state index >= 15 is 0 Å². The fourth-order valence-corrected chi connectivity index (χ4v) is 4.65. The summed E-state index contributed by atoms with van der Waals surface area (Å²) in [6.45, 7) is 7.59. The Bertz CT molecular complexity index is 964. The van der Waals surface area contributed by atoms with Crippen LogP contribution in [0, 0.1) is 19.8 Å². The number of nitrogens with one attached hydrogen (secondary N) is 1. The third kappa shape index (κ3) is 5.97. The smallest absolute Gasteiger partial charge is 0.271 e. The number of hydrogen-bond acceptors (Lipinski definition) is 2. The zero-order chi connectivity index (χ0) is 23.3. The highest BCUT2D eigenvalue weighted by Crippen LogP contribution is 2.31. The molecule has 174 valence electrons. The van der Waals surface area contributed by atoms with Crippen LogP contribution in [0.1, 0.15) is 66.7 Å². The van der Waals surface area contributed by atoms with Crippen LogP contribution in [0.2, 0.25) is 5.02 Å². The van der Waals surface area contributed by atoms with Gasteiger partial charge in [0.2, 0.25) is 0 Å². The number of carbonyl (C=O) groups excluding carboxylic acids is 1. The van der Waals surface area contributed by atoms with E-state index in [0.29, 0.717) is 22.8 Å². The number of benzene rings is 1. The van der Waals surface area contributed by atoms with E-state index in [2.05, 4.69) is 21.4 Å². The molecule has 1 aliphatic carbocycles. The van der Waals surface area contributed by atoms with E-state index in [-0.39, 0.29) is 12.2 Å². The predicted molar refractivity (Wildman–Crippen MR) is 125 cm³/mol. The molecule has 1 N–H and O–H groups in total. The van der Waals surface area contributed by atoms with E-state index in [0.717, 1.165) is 29.8 Å². The summed E-state index contributed by atoms with van der Waals surface area (Å²) in [5.74, 6) is -2.04. The minimum Gasteiger partial charge on any atom is -0.350 e. The lowest BCUT2D eigenvalue weighted by molar-refractivity contribution is 0.0459. The van der Waals surface area contributed by atoms with Crippen molar-refractivity contribution >= 4 is 17.5 Å². The van der Waals surface area contributed by atoms with Crippen LogP contribution >= 0.6 is 11.6 Å². The summed E-state index contributed by atoms with van der Waals surface area (Å²) in [5.41, 5.74) is 2.91. The number of nitrogens with zero attached hydrogens (tertiary/aromatic N) is 2. The summed E-state index contributed by atoms with van der Waals surface area (Å²) >= 11 is 6.14. The van der Waals surface area contributed by atoms with Gasteiger partial charge in [0, 0.05) is 35.8 Å². The van der Waals surface area contributed by atoms with Gasteiger partial charge in [0.25, 0.3) is 11.8 Å². The Labute approximate surface area is 194 Å². The van der Waals surface area contributed by atoms with Crippen molar-refractivity contribution < 1.29 is 13.6 Å². The van der Waals surface area contributed by atoms with Gasteiger partial charge in [0.15, 0.2) is 0 Å². The first-order valence-corrected chi connectivity index (χ1v) is 11.7. The molecule has 0 spiro atoms. The van der Waals surface area contributed by atoms with Crippen LogP contribution in [0.25, 0.3) is 11.4 Å². The molecule has 1 aliphatic rings. The number of amides is 1. The zero-order valence-corrected chi connectivity index (χ0v) is 19.7. The summed E-state index contributed by atoms with van der Waals surface area (Å²) < 4.78 is 29.0. The number of halogens is 3. The molecule has 1 aromatic heterocycles. The maximum atomic E-state index is 13.4. The molecule has 1 aromatic carbocycles. The number of allylic oxidation sites excluding steroid dienone is 1. The number of hydrogen-bond donors (Lipinski definition) is 1. The van der Waals surface area contributed by atoms with Crippen molar-refractivity contribution in [1.82, 2.24) is 14.9 Å². The summed E-state index contributed by atoms with van der Waals surface area (Å²) in [7, 11) is 0. The van der Waals surface area contributed by atoms with Gasteiger partial charge in [-0.25, -0.2) is 13.8 Å². The summed E-state index contributed by atoms with van der Waals surface area (Å²) in [6.07, 6.45) is 7.49. The van der Waals surface area contributed by atoms with E-state index in [9.17, 15) is 13.6 Å². The van der Waals surface area contributed by atoms with Crippen molar-refractivity contribution in [2.24, 2.45) is 5.92 Å². The molecule has 32 heavy (non-hydrogen) atoms. The van der Waals surface area contributed by atoms with Gasteiger partial charge in [-0.3, -0.25) is 4.79 Å². The number of imidazole rings is 1. The van der Waals surface area contributed by atoms with E-state index in [1.165, 1.54) is 32.1 Å². The molecule has 0 aliphatic heterocycles. The third-order valence-corrected chi connectivity index (χ3v) is 6.63. The van der Waals surface area contributed by atoms with Crippen LogP contribution in [0.15, 0.2) is 30.9 Å². The summed E-state index contributed by atoms with van der Waals surface area (Å²) in [4.78, 5) is 17.5. The predicted octanol–water partition coefficient (Wildman–Crippen LogP) is 6.73. The molecule has 2 aromatic rings.